The Hall–Kier alpha value is -2.12. The number of urea groups is 1. The van der Waals surface area contributed by atoms with Crippen LogP contribution in [0, 0.1) is 0 Å². The molecule has 20 heavy (non-hydrogen) atoms. The van der Waals surface area contributed by atoms with Gasteiger partial charge >= 0.3 is 12.0 Å². The van der Waals surface area contributed by atoms with E-state index in [1.807, 2.05) is 0 Å². The third kappa shape index (κ3) is 2.89. The molecule has 112 valence electrons. The SMILES string of the molecule is CCC1(CC)NC(=O)N(CC(=O)O[C@@H](C)C(N)=O)C1=O. The molecule has 1 heterocycles. The van der Waals surface area contributed by atoms with Gasteiger partial charge in [-0.1, -0.05) is 13.8 Å². The van der Waals surface area contributed by atoms with Crippen molar-refractivity contribution in [1.29, 1.82) is 0 Å². The van der Waals surface area contributed by atoms with Crippen LogP contribution in [0.4, 0.5) is 4.79 Å². The van der Waals surface area contributed by atoms with E-state index < -0.39 is 42.0 Å². The number of carbonyl (C=O) groups is 4. The van der Waals surface area contributed by atoms with Gasteiger partial charge in [-0.2, -0.15) is 0 Å². The van der Waals surface area contributed by atoms with Gasteiger partial charge in [-0.05, 0) is 19.8 Å². The summed E-state index contributed by atoms with van der Waals surface area (Å²) < 4.78 is 4.72. The van der Waals surface area contributed by atoms with Crippen LogP contribution in [0.5, 0.6) is 0 Å². The number of hydrogen-bond donors (Lipinski definition) is 2. The minimum absolute atomic E-state index is 0.428. The lowest BCUT2D eigenvalue weighted by Gasteiger charge is -2.23. The van der Waals surface area contributed by atoms with Crippen LogP contribution in [0.1, 0.15) is 33.6 Å². The van der Waals surface area contributed by atoms with Crippen LogP contribution in [0.25, 0.3) is 0 Å². The highest BCUT2D eigenvalue weighted by Crippen LogP contribution is 2.24. The van der Waals surface area contributed by atoms with Crippen LogP contribution in [0.2, 0.25) is 0 Å². The molecular weight excluding hydrogens is 266 g/mol. The van der Waals surface area contributed by atoms with E-state index in [2.05, 4.69) is 5.32 Å². The maximum absolute atomic E-state index is 12.2. The number of rotatable bonds is 6. The van der Waals surface area contributed by atoms with E-state index in [1.54, 1.807) is 13.8 Å². The summed E-state index contributed by atoms with van der Waals surface area (Å²) in [6, 6.07) is -0.637. The van der Waals surface area contributed by atoms with Gasteiger partial charge in [-0.3, -0.25) is 19.3 Å². The summed E-state index contributed by atoms with van der Waals surface area (Å²) in [5.74, 6) is -2.12. The van der Waals surface area contributed by atoms with Gasteiger partial charge in [-0.25, -0.2) is 4.79 Å². The second kappa shape index (κ2) is 5.89. The highest BCUT2D eigenvalue weighted by molar-refractivity contribution is 6.08. The Morgan fingerprint density at radius 2 is 1.90 bits per heavy atom. The lowest BCUT2D eigenvalue weighted by atomic mass is 9.93. The fourth-order valence-corrected chi connectivity index (χ4v) is 1.97. The second-order valence-electron chi connectivity index (χ2n) is 4.65. The Kier molecular flexibility index (Phi) is 4.69. The van der Waals surface area contributed by atoms with E-state index >= 15 is 0 Å². The summed E-state index contributed by atoms with van der Waals surface area (Å²) in [6.07, 6.45) is -0.250. The van der Waals surface area contributed by atoms with Crippen LogP contribution in [-0.2, 0) is 19.1 Å². The summed E-state index contributed by atoms with van der Waals surface area (Å²) in [4.78, 5) is 47.1. The quantitative estimate of drug-likeness (QED) is 0.504. The van der Waals surface area contributed by atoms with Gasteiger partial charge in [0.25, 0.3) is 11.8 Å². The first kappa shape index (κ1) is 15.9. The normalized spacial score (nSPS) is 18.6. The largest absolute Gasteiger partial charge is 0.451 e. The van der Waals surface area contributed by atoms with Crippen LogP contribution >= 0.6 is 0 Å². The molecule has 0 radical (unpaired) electrons. The number of imide groups is 1. The van der Waals surface area contributed by atoms with Crippen LogP contribution in [0.15, 0.2) is 0 Å². The number of primary amides is 1. The van der Waals surface area contributed by atoms with Crippen molar-refractivity contribution in [2.75, 3.05) is 6.54 Å². The predicted molar refractivity (Wildman–Crippen MR) is 68.3 cm³/mol. The van der Waals surface area contributed by atoms with Crippen molar-refractivity contribution >= 4 is 23.8 Å². The minimum Gasteiger partial charge on any atom is -0.451 e. The van der Waals surface area contributed by atoms with Crippen LogP contribution < -0.4 is 11.1 Å². The standard InChI is InChI=1S/C12H19N3O5/c1-4-12(5-2)10(18)15(11(19)14-12)6-8(16)20-7(3)9(13)17/h7H,4-6H2,1-3H3,(H2,13,17)(H,14,19)/t7-/m0/s1. The number of esters is 1. The third-order valence-electron chi connectivity index (χ3n) is 3.45. The lowest BCUT2D eigenvalue weighted by Crippen LogP contribution is -2.46. The molecule has 1 fully saturated rings. The van der Waals surface area contributed by atoms with Crippen molar-refractivity contribution in [2.24, 2.45) is 5.73 Å². The van der Waals surface area contributed by atoms with Crippen molar-refractivity contribution in [1.82, 2.24) is 10.2 Å². The molecule has 8 nitrogen and oxygen atoms in total. The number of carbonyl (C=O) groups excluding carboxylic acids is 4. The van der Waals surface area contributed by atoms with Gasteiger partial charge in [0.1, 0.15) is 12.1 Å². The summed E-state index contributed by atoms with van der Waals surface area (Å²) in [7, 11) is 0. The molecule has 0 bridgehead atoms. The third-order valence-corrected chi connectivity index (χ3v) is 3.45. The van der Waals surface area contributed by atoms with Gasteiger partial charge < -0.3 is 15.8 Å². The molecule has 0 spiro atoms. The van der Waals surface area contributed by atoms with Crippen LogP contribution in [-0.4, -0.2) is 46.9 Å². The zero-order chi connectivity index (χ0) is 15.5. The molecule has 1 aliphatic rings. The maximum atomic E-state index is 12.2. The van der Waals surface area contributed by atoms with Crippen molar-refractivity contribution in [3.05, 3.63) is 0 Å². The zero-order valence-corrected chi connectivity index (χ0v) is 11.8. The smallest absolute Gasteiger partial charge is 0.327 e. The number of nitrogens with one attached hydrogen (secondary N) is 1. The highest BCUT2D eigenvalue weighted by atomic mass is 16.5. The summed E-state index contributed by atoms with van der Waals surface area (Å²) in [5, 5.41) is 2.59. The summed E-state index contributed by atoms with van der Waals surface area (Å²) in [6.45, 7) is 4.33. The molecular formula is C12H19N3O5. The van der Waals surface area contributed by atoms with Gasteiger partial charge in [0.2, 0.25) is 0 Å². The molecule has 0 saturated carbocycles. The molecule has 8 heteroatoms. The Bertz CT molecular complexity index is 444. The average Bonchev–Trinajstić information content (AvgIpc) is 2.63. The van der Waals surface area contributed by atoms with Gasteiger partial charge in [0.05, 0.1) is 0 Å². The number of nitrogens with zero attached hydrogens (tertiary/aromatic N) is 1. The van der Waals surface area contributed by atoms with Crippen molar-refractivity contribution < 1.29 is 23.9 Å². The van der Waals surface area contributed by atoms with Gasteiger partial charge in [0.15, 0.2) is 6.10 Å². The number of hydrogen-bond acceptors (Lipinski definition) is 5. The first-order valence-corrected chi connectivity index (χ1v) is 6.40. The molecule has 4 amide bonds. The molecule has 3 N–H and O–H groups in total. The first-order valence-electron chi connectivity index (χ1n) is 6.40. The van der Waals surface area contributed by atoms with Gasteiger partial charge in [0, 0.05) is 0 Å². The van der Waals surface area contributed by atoms with E-state index in [1.165, 1.54) is 6.92 Å². The summed E-state index contributed by atoms with van der Waals surface area (Å²) >= 11 is 0. The molecule has 0 aromatic rings. The molecule has 1 saturated heterocycles. The summed E-state index contributed by atoms with van der Waals surface area (Å²) in [5.41, 5.74) is 3.99. The van der Waals surface area contributed by atoms with Crippen LogP contribution in [0.3, 0.4) is 0 Å². The van der Waals surface area contributed by atoms with E-state index in [-0.39, 0.29) is 0 Å². The zero-order valence-electron chi connectivity index (χ0n) is 11.8. The minimum atomic E-state index is -1.11. The fraction of sp³-hybridized carbons (Fsp3) is 0.667. The van der Waals surface area contributed by atoms with Crippen molar-refractivity contribution in [2.45, 2.75) is 45.3 Å². The Morgan fingerprint density at radius 1 is 1.35 bits per heavy atom. The van der Waals surface area contributed by atoms with Gasteiger partial charge in [-0.15, -0.1) is 0 Å². The van der Waals surface area contributed by atoms with E-state index in [0.717, 1.165) is 4.90 Å². The molecule has 0 aliphatic carbocycles. The second-order valence-corrected chi connectivity index (χ2v) is 4.65. The Labute approximate surface area is 116 Å². The highest BCUT2D eigenvalue weighted by Gasteiger charge is 2.49. The topological polar surface area (TPSA) is 119 Å². The maximum Gasteiger partial charge on any atom is 0.327 e. The molecule has 0 aromatic heterocycles. The molecule has 0 aromatic carbocycles. The predicted octanol–water partition coefficient (Wildman–Crippen LogP) is -0.486. The van der Waals surface area contributed by atoms with Crippen molar-refractivity contribution in [3.63, 3.8) is 0 Å². The van der Waals surface area contributed by atoms with E-state index in [4.69, 9.17) is 10.5 Å². The number of ether oxygens (including phenoxy) is 1. The molecule has 1 aliphatic heterocycles. The molecule has 1 atom stereocenters. The Morgan fingerprint density at radius 3 is 2.30 bits per heavy atom. The number of amides is 4. The van der Waals surface area contributed by atoms with Crippen molar-refractivity contribution in [3.8, 4) is 0 Å². The number of nitrogens with two attached hydrogens (primary N) is 1. The molecule has 0 unspecified atom stereocenters. The average molecular weight is 285 g/mol. The molecule has 1 rings (SSSR count). The van der Waals surface area contributed by atoms with E-state index in [9.17, 15) is 19.2 Å². The van der Waals surface area contributed by atoms with E-state index in [0.29, 0.717) is 12.8 Å². The Balaban J connectivity index is 2.74. The monoisotopic (exact) mass is 285 g/mol. The fourth-order valence-electron chi connectivity index (χ4n) is 1.97. The lowest BCUT2D eigenvalue weighted by molar-refractivity contribution is -0.155. The first-order chi connectivity index (χ1) is 9.27.